The summed E-state index contributed by atoms with van der Waals surface area (Å²) in [6.07, 6.45) is 1.29. The molecule has 1 amide bonds. The van der Waals surface area contributed by atoms with Crippen molar-refractivity contribution in [3.8, 4) is 11.8 Å². The van der Waals surface area contributed by atoms with Gasteiger partial charge in [-0.25, -0.2) is 9.97 Å². The Labute approximate surface area is 85.5 Å². The van der Waals surface area contributed by atoms with Crippen molar-refractivity contribution < 1.29 is 4.79 Å². The van der Waals surface area contributed by atoms with Gasteiger partial charge in [0.2, 0.25) is 5.91 Å². The third-order valence-corrected chi connectivity index (χ3v) is 1.48. The Kier molecular flexibility index (Phi) is 3.26. The zero-order valence-electron chi connectivity index (χ0n) is 7.12. The summed E-state index contributed by atoms with van der Waals surface area (Å²) in [5, 5.41) is 0.113. The van der Waals surface area contributed by atoms with Gasteiger partial charge in [0.05, 0.1) is 12.6 Å². The molecule has 0 saturated heterocycles. The first-order chi connectivity index (χ1) is 6.59. The minimum absolute atomic E-state index is 0.0393. The van der Waals surface area contributed by atoms with E-state index in [9.17, 15) is 4.79 Å². The molecule has 4 N–H and O–H groups in total. The van der Waals surface area contributed by atoms with Gasteiger partial charge in [-0.15, -0.1) is 0 Å². The molecule has 0 aliphatic heterocycles. The SMILES string of the molecule is NC(=O)CC#Cc1ncc(N)nc1Cl. The number of rotatable bonds is 1. The van der Waals surface area contributed by atoms with Gasteiger partial charge in [0.1, 0.15) is 5.82 Å². The Morgan fingerprint density at radius 3 is 2.93 bits per heavy atom. The lowest BCUT2D eigenvalue weighted by Crippen LogP contribution is -2.08. The Hall–Kier alpha value is -1.80. The van der Waals surface area contributed by atoms with Crippen molar-refractivity contribution in [2.75, 3.05) is 5.73 Å². The van der Waals surface area contributed by atoms with Crippen LogP contribution in [0.3, 0.4) is 0 Å². The fourth-order valence-electron chi connectivity index (χ4n) is 0.678. The van der Waals surface area contributed by atoms with Crippen molar-refractivity contribution in [3.05, 3.63) is 17.0 Å². The second kappa shape index (κ2) is 4.44. The van der Waals surface area contributed by atoms with Gasteiger partial charge in [-0.05, 0) is 5.92 Å². The highest BCUT2D eigenvalue weighted by molar-refractivity contribution is 6.30. The van der Waals surface area contributed by atoms with Gasteiger partial charge in [0, 0.05) is 0 Å². The Morgan fingerprint density at radius 2 is 2.36 bits per heavy atom. The summed E-state index contributed by atoms with van der Waals surface area (Å²) in [4.78, 5) is 17.9. The maximum atomic E-state index is 10.4. The number of primary amides is 1. The molecule has 72 valence electrons. The van der Waals surface area contributed by atoms with E-state index >= 15 is 0 Å². The predicted molar refractivity (Wildman–Crippen MR) is 52.1 cm³/mol. The summed E-state index contributed by atoms with van der Waals surface area (Å²) in [5.41, 5.74) is 10.5. The van der Waals surface area contributed by atoms with E-state index in [1.165, 1.54) is 6.20 Å². The smallest absolute Gasteiger partial charge is 0.229 e. The van der Waals surface area contributed by atoms with Crippen molar-refractivity contribution >= 4 is 23.3 Å². The quantitative estimate of drug-likeness (QED) is 0.635. The Bertz CT molecular complexity index is 421. The highest BCUT2D eigenvalue weighted by atomic mass is 35.5. The summed E-state index contributed by atoms with van der Waals surface area (Å²) in [6, 6.07) is 0. The molecule has 0 aromatic carbocycles. The number of carbonyl (C=O) groups excluding carboxylic acids is 1. The molecule has 0 bridgehead atoms. The molecule has 0 spiro atoms. The third kappa shape index (κ3) is 2.92. The van der Waals surface area contributed by atoms with Crippen LogP contribution in [0.1, 0.15) is 12.1 Å². The van der Waals surface area contributed by atoms with Gasteiger partial charge >= 0.3 is 0 Å². The van der Waals surface area contributed by atoms with Crippen LogP contribution in [0, 0.1) is 11.8 Å². The van der Waals surface area contributed by atoms with Gasteiger partial charge in [0.15, 0.2) is 10.8 Å². The summed E-state index contributed by atoms with van der Waals surface area (Å²) in [7, 11) is 0. The number of nitrogen functional groups attached to an aromatic ring is 1. The molecule has 0 radical (unpaired) electrons. The third-order valence-electron chi connectivity index (χ3n) is 1.22. The van der Waals surface area contributed by atoms with E-state index < -0.39 is 5.91 Å². The average molecular weight is 211 g/mol. The molecule has 0 unspecified atom stereocenters. The molecule has 5 nitrogen and oxygen atoms in total. The van der Waals surface area contributed by atoms with Gasteiger partial charge in [-0.3, -0.25) is 4.79 Å². The topological polar surface area (TPSA) is 94.9 Å². The number of hydrogen-bond acceptors (Lipinski definition) is 4. The van der Waals surface area contributed by atoms with Crippen LogP contribution in [0.15, 0.2) is 6.20 Å². The van der Waals surface area contributed by atoms with Gasteiger partial charge in [-0.1, -0.05) is 17.5 Å². The Morgan fingerprint density at radius 1 is 1.64 bits per heavy atom. The normalized spacial score (nSPS) is 8.93. The molecule has 0 fully saturated rings. The molecular weight excluding hydrogens is 204 g/mol. The molecule has 0 saturated carbocycles. The van der Waals surface area contributed by atoms with Gasteiger partial charge < -0.3 is 11.5 Å². The van der Waals surface area contributed by atoms with Crippen molar-refractivity contribution in [2.24, 2.45) is 5.73 Å². The van der Waals surface area contributed by atoms with Crippen molar-refractivity contribution in [2.45, 2.75) is 6.42 Å². The number of hydrogen-bond donors (Lipinski definition) is 2. The van der Waals surface area contributed by atoms with Crippen LogP contribution in [0.5, 0.6) is 0 Å². The predicted octanol–water partition coefficient (Wildman–Crippen LogP) is -0.0609. The van der Waals surface area contributed by atoms with Crippen LogP contribution in [0.2, 0.25) is 5.15 Å². The molecule has 0 aliphatic rings. The lowest BCUT2D eigenvalue weighted by Gasteiger charge is -1.94. The molecular formula is C8H7ClN4O. The summed E-state index contributed by atoms with van der Waals surface area (Å²) in [6.45, 7) is 0. The number of carbonyl (C=O) groups is 1. The van der Waals surface area contributed by atoms with E-state index in [1.807, 2.05) is 0 Å². The van der Waals surface area contributed by atoms with Crippen LogP contribution < -0.4 is 11.5 Å². The van der Waals surface area contributed by atoms with E-state index in [4.69, 9.17) is 23.1 Å². The second-order valence-corrected chi connectivity index (χ2v) is 2.74. The largest absolute Gasteiger partial charge is 0.382 e. The number of halogens is 1. The van der Waals surface area contributed by atoms with Gasteiger partial charge in [0.25, 0.3) is 0 Å². The van der Waals surface area contributed by atoms with Crippen LogP contribution in [-0.4, -0.2) is 15.9 Å². The molecule has 1 rings (SSSR count). The lowest BCUT2D eigenvalue weighted by atomic mass is 10.3. The fraction of sp³-hybridized carbons (Fsp3) is 0.125. The van der Waals surface area contributed by atoms with Crippen molar-refractivity contribution in [3.63, 3.8) is 0 Å². The minimum atomic E-state index is -0.503. The average Bonchev–Trinajstić information content (AvgIpc) is 2.08. The highest BCUT2D eigenvalue weighted by Crippen LogP contribution is 2.09. The van der Waals surface area contributed by atoms with E-state index in [0.29, 0.717) is 0 Å². The molecule has 1 aromatic heterocycles. The monoisotopic (exact) mass is 210 g/mol. The van der Waals surface area contributed by atoms with Crippen LogP contribution in [0.4, 0.5) is 5.82 Å². The second-order valence-electron chi connectivity index (χ2n) is 2.38. The zero-order chi connectivity index (χ0) is 10.6. The highest BCUT2D eigenvalue weighted by Gasteiger charge is 1.99. The van der Waals surface area contributed by atoms with E-state index in [2.05, 4.69) is 21.8 Å². The lowest BCUT2D eigenvalue weighted by molar-refractivity contribution is -0.117. The summed E-state index contributed by atoms with van der Waals surface area (Å²) >= 11 is 5.67. The van der Waals surface area contributed by atoms with Crippen molar-refractivity contribution in [1.29, 1.82) is 0 Å². The first kappa shape index (κ1) is 10.3. The zero-order valence-corrected chi connectivity index (χ0v) is 7.88. The van der Waals surface area contributed by atoms with Crippen LogP contribution in [0.25, 0.3) is 0 Å². The molecule has 0 atom stereocenters. The first-order valence-electron chi connectivity index (χ1n) is 3.65. The maximum absolute atomic E-state index is 10.4. The molecule has 1 heterocycles. The molecule has 14 heavy (non-hydrogen) atoms. The Balaban J connectivity index is 2.85. The maximum Gasteiger partial charge on any atom is 0.229 e. The van der Waals surface area contributed by atoms with Crippen LogP contribution in [-0.2, 0) is 4.79 Å². The number of nitrogens with zero attached hydrogens (tertiary/aromatic N) is 2. The summed E-state index contributed by atoms with van der Waals surface area (Å²) < 4.78 is 0. The number of anilines is 1. The number of nitrogens with two attached hydrogens (primary N) is 2. The summed E-state index contributed by atoms with van der Waals surface area (Å²) in [5.74, 6) is 4.78. The number of amides is 1. The van der Waals surface area contributed by atoms with E-state index in [1.54, 1.807) is 0 Å². The van der Waals surface area contributed by atoms with E-state index in [0.717, 1.165) is 0 Å². The minimum Gasteiger partial charge on any atom is -0.382 e. The van der Waals surface area contributed by atoms with Gasteiger partial charge in [-0.2, -0.15) is 0 Å². The first-order valence-corrected chi connectivity index (χ1v) is 4.02. The molecule has 0 aliphatic carbocycles. The molecule has 1 aromatic rings. The number of aromatic nitrogens is 2. The van der Waals surface area contributed by atoms with E-state index in [-0.39, 0.29) is 23.1 Å². The molecule has 6 heteroatoms. The van der Waals surface area contributed by atoms with Crippen LogP contribution >= 0.6 is 11.6 Å². The fourth-order valence-corrected chi connectivity index (χ4v) is 0.872. The standard InChI is InChI=1S/C8H7ClN4O/c9-8-5(2-1-3-7(11)14)12-4-6(10)13-8/h4H,3H2,(H2,10,13)(H2,11,14). The van der Waals surface area contributed by atoms with Crippen molar-refractivity contribution in [1.82, 2.24) is 9.97 Å².